The molecule has 1 aliphatic rings. The lowest BCUT2D eigenvalue weighted by atomic mass is 10.1. The van der Waals surface area contributed by atoms with Gasteiger partial charge in [0.1, 0.15) is 5.82 Å². The van der Waals surface area contributed by atoms with Crippen LogP contribution < -0.4 is 5.32 Å². The largest absolute Gasteiger partial charge is 0.322 e. The Balaban J connectivity index is 1.75. The number of likely N-dealkylation sites (tertiary alicyclic amines) is 1. The zero-order valence-electron chi connectivity index (χ0n) is 11.9. The summed E-state index contributed by atoms with van der Waals surface area (Å²) >= 11 is 5.91. The van der Waals surface area contributed by atoms with Crippen molar-refractivity contribution in [2.24, 2.45) is 0 Å². The number of benzene rings is 2. The molecule has 1 fully saturated rings. The van der Waals surface area contributed by atoms with Crippen molar-refractivity contribution in [1.29, 1.82) is 0 Å². The molecule has 0 saturated carbocycles. The van der Waals surface area contributed by atoms with E-state index in [1.165, 1.54) is 12.1 Å². The van der Waals surface area contributed by atoms with Crippen LogP contribution in [0.4, 0.5) is 14.9 Å². The van der Waals surface area contributed by atoms with Crippen LogP contribution in [0.25, 0.3) is 0 Å². The first kappa shape index (κ1) is 14.9. The minimum absolute atomic E-state index is 0.0332. The van der Waals surface area contributed by atoms with Gasteiger partial charge in [0, 0.05) is 17.3 Å². The van der Waals surface area contributed by atoms with Crippen molar-refractivity contribution in [3.05, 3.63) is 64.9 Å². The average Bonchev–Trinajstić information content (AvgIpc) is 2.97. The zero-order valence-corrected chi connectivity index (χ0v) is 12.7. The number of urea groups is 1. The van der Waals surface area contributed by atoms with E-state index in [0.717, 1.165) is 18.4 Å². The summed E-state index contributed by atoms with van der Waals surface area (Å²) in [6.45, 7) is 0.689. The fourth-order valence-electron chi connectivity index (χ4n) is 2.80. The number of nitrogens with zero attached hydrogens (tertiary/aromatic N) is 1. The Labute approximate surface area is 133 Å². The molecule has 0 spiro atoms. The second kappa shape index (κ2) is 6.36. The maximum atomic E-state index is 13.2. The SMILES string of the molecule is O=C(Nc1cccc(F)c1)N1CCCC1c1ccc(Cl)cc1. The molecule has 1 unspecified atom stereocenters. The van der Waals surface area contributed by atoms with Gasteiger partial charge in [0.25, 0.3) is 0 Å². The van der Waals surface area contributed by atoms with Crippen LogP contribution >= 0.6 is 11.6 Å². The van der Waals surface area contributed by atoms with E-state index < -0.39 is 0 Å². The third-order valence-electron chi connectivity index (χ3n) is 3.84. The predicted octanol–water partition coefficient (Wildman–Crippen LogP) is 4.85. The predicted molar refractivity (Wildman–Crippen MR) is 85.6 cm³/mol. The summed E-state index contributed by atoms with van der Waals surface area (Å²) in [6.07, 6.45) is 1.86. The van der Waals surface area contributed by atoms with Crippen LogP contribution in [-0.2, 0) is 0 Å². The molecule has 0 aliphatic carbocycles. The molecule has 0 bridgehead atoms. The van der Waals surface area contributed by atoms with Gasteiger partial charge in [-0.1, -0.05) is 29.8 Å². The van der Waals surface area contributed by atoms with Gasteiger partial charge in [0.05, 0.1) is 6.04 Å². The lowest BCUT2D eigenvalue weighted by Gasteiger charge is -2.25. The monoisotopic (exact) mass is 318 g/mol. The Morgan fingerprint density at radius 3 is 2.73 bits per heavy atom. The smallest absolute Gasteiger partial charge is 0.317 e. The van der Waals surface area contributed by atoms with Crippen LogP contribution in [0, 0.1) is 5.82 Å². The fraction of sp³-hybridized carbons (Fsp3) is 0.235. The number of nitrogens with one attached hydrogen (secondary N) is 1. The molecule has 2 aromatic carbocycles. The second-order valence-corrected chi connectivity index (χ2v) is 5.78. The fourth-order valence-corrected chi connectivity index (χ4v) is 2.93. The molecule has 1 heterocycles. The number of hydrogen-bond acceptors (Lipinski definition) is 1. The number of rotatable bonds is 2. The summed E-state index contributed by atoms with van der Waals surface area (Å²) in [5.74, 6) is -0.367. The molecule has 3 nitrogen and oxygen atoms in total. The highest BCUT2D eigenvalue weighted by Gasteiger charge is 2.29. The molecule has 114 valence electrons. The quantitative estimate of drug-likeness (QED) is 0.843. The van der Waals surface area contributed by atoms with E-state index in [1.54, 1.807) is 17.0 Å². The third-order valence-corrected chi connectivity index (χ3v) is 4.10. The van der Waals surface area contributed by atoms with Crippen LogP contribution in [0.1, 0.15) is 24.4 Å². The van der Waals surface area contributed by atoms with Crippen LogP contribution in [0.5, 0.6) is 0 Å². The molecule has 2 aromatic rings. The standard InChI is InChI=1S/C17H16ClFN2O/c18-13-8-6-12(7-9-13)16-5-2-10-21(16)17(22)20-15-4-1-3-14(19)11-15/h1,3-4,6-9,11,16H,2,5,10H2,(H,20,22). The molecule has 1 atom stereocenters. The molecular formula is C17H16ClFN2O. The lowest BCUT2D eigenvalue weighted by Crippen LogP contribution is -2.34. The summed E-state index contributed by atoms with van der Waals surface area (Å²) in [6, 6.07) is 13.3. The maximum Gasteiger partial charge on any atom is 0.322 e. The first-order valence-corrected chi connectivity index (χ1v) is 7.60. The van der Waals surface area contributed by atoms with E-state index in [4.69, 9.17) is 11.6 Å². The van der Waals surface area contributed by atoms with Crippen molar-refractivity contribution in [2.75, 3.05) is 11.9 Å². The topological polar surface area (TPSA) is 32.3 Å². The minimum Gasteiger partial charge on any atom is -0.317 e. The van der Waals surface area contributed by atoms with E-state index >= 15 is 0 Å². The van der Waals surface area contributed by atoms with Crippen LogP contribution in [0.3, 0.4) is 0 Å². The van der Waals surface area contributed by atoms with Crippen LogP contribution in [0.2, 0.25) is 5.02 Å². The summed E-state index contributed by atoms with van der Waals surface area (Å²) in [7, 11) is 0. The van der Waals surface area contributed by atoms with E-state index in [0.29, 0.717) is 17.3 Å². The van der Waals surface area contributed by atoms with E-state index in [9.17, 15) is 9.18 Å². The third kappa shape index (κ3) is 3.22. The summed E-state index contributed by atoms with van der Waals surface area (Å²) in [5, 5.41) is 3.43. The van der Waals surface area contributed by atoms with Crippen molar-refractivity contribution in [3.8, 4) is 0 Å². The molecule has 22 heavy (non-hydrogen) atoms. The van der Waals surface area contributed by atoms with E-state index in [1.807, 2.05) is 24.3 Å². The number of anilines is 1. The van der Waals surface area contributed by atoms with E-state index in [2.05, 4.69) is 5.32 Å². The van der Waals surface area contributed by atoms with Crippen molar-refractivity contribution in [1.82, 2.24) is 4.90 Å². The first-order chi connectivity index (χ1) is 10.6. The normalized spacial score (nSPS) is 17.5. The Hall–Kier alpha value is -2.07. The van der Waals surface area contributed by atoms with Gasteiger partial charge in [-0.2, -0.15) is 0 Å². The first-order valence-electron chi connectivity index (χ1n) is 7.22. The molecule has 2 amide bonds. The Bertz CT molecular complexity index is 675. The van der Waals surface area contributed by atoms with Crippen LogP contribution in [0.15, 0.2) is 48.5 Å². The van der Waals surface area contributed by atoms with Gasteiger partial charge < -0.3 is 10.2 Å². The second-order valence-electron chi connectivity index (χ2n) is 5.34. The van der Waals surface area contributed by atoms with Gasteiger partial charge in [0.2, 0.25) is 0 Å². The van der Waals surface area contributed by atoms with Crippen molar-refractivity contribution < 1.29 is 9.18 Å². The van der Waals surface area contributed by atoms with Crippen molar-refractivity contribution in [3.63, 3.8) is 0 Å². The van der Waals surface area contributed by atoms with Crippen LogP contribution in [-0.4, -0.2) is 17.5 Å². The number of halogens is 2. The molecule has 1 aliphatic heterocycles. The summed E-state index contributed by atoms with van der Waals surface area (Å²) in [4.78, 5) is 14.2. The molecule has 5 heteroatoms. The Morgan fingerprint density at radius 2 is 2.00 bits per heavy atom. The van der Waals surface area contributed by atoms with Gasteiger partial charge in [0.15, 0.2) is 0 Å². The average molecular weight is 319 g/mol. The number of carbonyl (C=O) groups is 1. The van der Waals surface area contributed by atoms with Gasteiger partial charge in [-0.15, -0.1) is 0 Å². The maximum absolute atomic E-state index is 13.2. The van der Waals surface area contributed by atoms with Gasteiger partial charge in [-0.05, 0) is 48.7 Å². The van der Waals surface area contributed by atoms with E-state index in [-0.39, 0.29) is 17.9 Å². The molecule has 3 rings (SSSR count). The van der Waals surface area contributed by atoms with Crippen molar-refractivity contribution in [2.45, 2.75) is 18.9 Å². The van der Waals surface area contributed by atoms with Gasteiger partial charge >= 0.3 is 6.03 Å². The molecule has 1 N–H and O–H groups in total. The highest BCUT2D eigenvalue weighted by Crippen LogP contribution is 2.32. The highest BCUT2D eigenvalue weighted by atomic mass is 35.5. The van der Waals surface area contributed by atoms with Crippen molar-refractivity contribution >= 4 is 23.3 Å². The van der Waals surface area contributed by atoms with Gasteiger partial charge in [-0.25, -0.2) is 9.18 Å². The Morgan fingerprint density at radius 1 is 1.23 bits per heavy atom. The molecular weight excluding hydrogens is 303 g/mol. The minimum atomic E-state index is -0.367. The summed E-state index contributed by atoms with van der Waals surface area (Å²) in [5.41, 5.74) is 1.53. The lowest BCUT2D eigenvalue weighted by molar-refractivity contribution is 0.207. The number of carbonyl (C=O) groups excluding carboxylic acids is 1. The molecule has 0 radical (unpaired) electrons. The number of hydrogen-bond donors (Lipinski definition) is 1. The zero-order chi connectivity index (χ0) is 15.5. The van der Waals surface area contributed by atoms with Gasteiger partial charge in [-0.3, -0.25) is 0 Å². The summed E-state index contributed by atoms with van der Waals surface area (Å²) < 4.78 is 13.2. The Kier molecular flexibility index (Phi) is 4.29. The molecule has 1 saturated heterocycles. The molecule has 0 aromatic heterocycles. The highest BCUT2D eigenvalue weighted by molar-refractivity contribution is 6.30. The number of amides is 2.